The van der Waals surface area contributed by atoms with Crippen molar-refractivity contribution in [3.05, 3.63) is 29.3 Å². The van der Waals surface area contributed by atoms with Crippen molar-refractivity contribution in [3.8, 4) is 5.75 Å². The maximum Gasteiger partial charge on any atom is 0.119 e. The number of hydrogen-bond donors (Lipinski definition) is 2. The Balaban J connectivity index is 2.39. The van der Waals surface area contributed by atoms with Gasteiger partial charge in [0.15, 0.2) is 0 Å². The SMILES string of the molecule is CCCNC1(CO)CCCc2ccc(OC)cc21. The van der Waals surface area contributed by atoms with E-state index in [0.29, 0.717) is 0 Å². The van der Waals surface area contributed by atoms with Crippen LogP contribution in [0, 0.1) is 0 Å². The number of ether oxygens (including phenoxy) is 1. The third-order valence-electron chi connectivity index (χ3n) is 3.87. The summed E-state index contributed by atoms with van der Waals surface area (Å²) >= 11 is 0. The highest BCUT2D eigenvalue weighted by Crippen LogP contribution is 2.37. The second-order valence-corrected chi connectivity index (χ2v) is 5.04. The lowest BCUT2D eigenvalue weighted by atomic mass is 9.76. The monoisotopic (exact) mass is 249 g/mol. The quantitative estimate of drug-likeness (QED) is 0.840. The number of benzene rings is 1. The first kappa shape index (κ1) is 13.4. The zero-order chi connectivity index (χ0) is 13.0. The fourth-order valence-corrected chi connectivity index (χ4v) is 2.83. The summed E-state index contributed by atoms with van der Waals surface area (Å²) in [5, 5.41) is 13.4. The third-order valence-corrected chi connectivity index (χ3v) is 3.87. The zero-order valence-corrected chi connectivity index (χ0v) is 11.3. The van der Waals surface area contributed by atoms with E-state index in [1.54, 1.807) is 7.11 Å². The Kier molecular flexibility index (Phi) is 4.25. The Bertz CT molecular complexity index is 405. The number of aryl methyl sites for hydroxylation is 1. The van der Waals surface area contributed by atoms with Crippen LogP contribution in [0.15, 0.2) is 18.2 Å². The minimum atomic E-state index is -0.280. The first-order valence-corrected chi connectivity index (χ1v) is 6.79. The Morgan fingerprint density at radius 3 is 2.94 bits per heavy atom. The van der Waals surface area contributed by atoms with Crippen molar-refractivity contribution in [1.29, 1.82) is 0 Å². The van der Waals surface area contributed by atoms with Gasteiger partial charge in [-0.25, -0.2) is 0 Å². The Hall–Kier alpha value is -1.06. The van der Waals surface area contributed by atoms with Gasteiger partial charge in [-0.2, -0.15) is 0 Å². The van der Waals surface area contributed by atoms with Crippen LogP contribution < -0.4 is 10.1 Å². The van der Waals surface area contributed by atoms with Gasteiger partial charge in [0.2, 0.25) is 0 Å². The van der Waals surface area contributed by atoms with Gasteiger partial charge in [-0.1, -0.05) is 13.0 Å². The summed E-state index contributed by atoms with van der Waals surface area (Å²) in [6.45, 7) is 3.22. The molecule has 3 nitrogen and oxygen atoms in total. The van der Waals surface area contributed by atoms with E-state index in [4.69, 9.17) is 4.74 Å². The van der Waals surface area contributed by atoms with E-state index in [0.717, 1.165) is 38.0 Å². The Morgan fingerprint density at radius 1 is 1.44 bits per heavy atom. The fourth-order valence-electron chi connectivity index (χ4n) is 2.83. The van der Waals surface area contributed by atoms with Gasteiger partial charge in [-0.05, 0) is 55.5 Å². The van der Waals surface area contributed by atoms with Gasteiger partial charge >= 0.3 is 0 Å². The molecule has 1 aromatic rings. The van der Waals surface area contributed by atoms with Crippen molar-refractivity contribution in [2.75, 3.05) is 20.3 Å². The molecule has 1 unspecified atom stereocenters. The van der Waals surface area contributed by atoms with Crippen LogP contribution in [0.1, 0.15) is 37.3 Å². The molecule has 3 heteroatoms. The van der Waals surface area contributed by atoms with Crippen LogP contribution in [-0.2, 0) is 12.0 Å². The molecule has 18 heavy (non-hydrogen) atoms. The van der Waals surface area contributed by atoms with Crippen LogP contribution in [0.3, 0.4) is 0 Å². The molecule has 0 aliphatic heterocycles. The van der Waals surface area contributed by atoms with Crippen molar-refractivity contribution in [2.24, 2.45) is 0 Å². The standard InChI is InChI=1S/C15H23NO2/c1-3-9-16-15(11-17)8-4-5-12-6-7-13(18-2)10-14(12)15/h6-7,10,16-17H,3-5,8-9,11H2,1-2H3. The molecule has 0 bridgehead atoms. The molecular weight excluding hydrogens is 226 g/mol. The number of methoxy groups -OCH3 is 1. The van der Waals surface area contributed by atoms with E-state index in [2.05, 4.69) is 24.4 Å². The van der Waals surface area contributed by atoms with Gasteiger partial charge in [0, 0.05) is 0 Å². The van der Waals surface area contributed by atoms with Gasteiger partial charge in [0.05, 0.1) is 19.3 Å². The minimum Gasteiger partial charge on any atom is -0.497 e. The highest BCUT2D eigenvalue weighted by Gasteiger charge is 2.35. The molecule has 0 aromatic heterocycles. The van der Waals surface area contributed by atoms with Gasteiger partial charge in [-0.15, -0.1) is 0 Å². The molecule has 1 aromatic carbocycles. The molecule has 100 valence electrons. The molecule has 0 saturated heterocycles. The summed E-state index contributed by atoms with van der Waals surface area (Å²) in [6.07, 6.45) is 4.27. The summed E-state index contributed by atoms with van der Waals surface area (Å²) in [5.74, 6) is 0.867. The third kappa shape index (κ3) is 2.38. The van der Waals surface area contributed by atoms with E-state index in [1.165, 1.54) is 11.1 Å². The second-order valence-electron chi connectivity index (χ2n) is 5.04. The summed E-state index contributed by atoms with van der Waals surface area (Å²) in [5.41, 5.74) is 2.27. The van der Waals surface area contributed by atoms with Gasteiger partial charge in [-0.3, -0.25) is 0 Å². The molecule has 0 saturated carbocycles. The number of aliphatic hydroxyl groups is 1. The minimum absolute atomic E-state index is 0.146. The van der Waals surface area contributed by atoms with E-state index >= 15 is 0 Å². The van der Waals surface area contributed by atoms with Crippen molar-refractivity contribution in [2.45, 2.75) is 38.1 Å². The largest absolute Gasteiger partial charge is 0.497 e. The summed E-state index contributed by atoms with van der Waals surface area (Å²) < 4.78 is 5.31. The Labute approximate surface area is 109 Å². The van der Waals surface area contributed by atoms with Crippen LogP contribution in [0.25, 0.3) is 0 Å². The Morgan fingerprint density at radius 2 is 2.28 bits per heavy atom. The van der Waals surface area contributed by atoms with Crippen LogP contribution in [-0.4, -0.2) is 25.4 Å². The average molecular weight is 249 g/mol. The molecule has 2 N–H and O–H groups in total. The summed E-state index contributed by atoms with van der Waals surface area (Å²) in [4.78, 5) is 0. The molecule has 0 radical (unpaired) electrons. The number of aliphatic hydroxyl groups excluding tert-OH is 1. The van der Waals surface area contributed by atoms with E-state index in [1.807, 2.05) is 6.07 Å². The molecule has 1 aliphatic rings. The predicted octanol–water partition coefficient (Wildman–Crippen LogP) is 2.22. The van der Waals surface area contributed by atoms with Crippen LogP contribution in [0.2, 0.25) is 0 Å². The summed E-state index contributed by atoms with van der Waals surface area (Å²) in [6, 6.07) is 6.21. The maximum absolute atomic E-state index is 9.88. The van der Waals surface area contributed by atoms with Crippen molar-refractivity contribution < 1.29 is 9.84 Å². The molecule has 0 heterocycles. The molecule has 1 aliphatic carbocycles. The van der Waals surface area contributed by atoms with Crippen molar-refractivity contribution >= 4 is 0 Å². The lowest BCUT2D eigenvalue weighted by Crippen LogP contribution is -2.48. The summed E-state index contributed by atoms with van der Waals surface area (Å²) in [7, 11) is 1.69. The lowest BCUT2D eigenvalue weighted by Gasteiger charge is -2.39. The molecule has 0 fully saturated rings. The van der Waals surface area contributed by atoms with Crippen molar-refractivity contribution in [3.63, 3.8) is 0 Å². The number of fused-ring (bicyclic) bond motifs is 1. The highest BCUT2D eigenvalue weighted by molar-refractivity contribution is 5.42. The zero-order valence-electron chi connectivity index (χ0n) is 11.3. The van der Waals surface area contributed by atoms with Gasteiger partial charge < -0.3 is 15.2 Å². The molecule has 0 amide bonds. The molecule has 1 atom stereocenters. The maximum atomic E-state index is 9.88. The second kappa shape index (κ2) is 5.72. The first-order chi connectivity index (χ1) is 8.75. The molecular formula is C15H23NO2. The normalized spacial score (nSPS) is 22.6. The van der Waals surface area contributed by atoms with Crippen LogP contribution >= 0.6 is 0 Å². The van der Waals surface area contributed by atoms with E-state index in [9.17, 15) is 5.11 Å². The van der Waals surface area contributed by atoms with Crippen LogP contribution in [0.4, 0.5) is 0 Å². The number of hydrogen-bond acceptors (Lipinski definition) is 3. The lowest BCUT2D eigenvalue weighted by molar-refractivity contribution is 0.142. The van der Waals surface area contributed by atoms with Gasteiger partial charge in [0.1, 0.15) is 5.75 Å². The smallest absolute Gasteiger partial charge is 0.119 e. The average Bonchev–Trinajstić information content (AvgIpc) is 2.44. The fraction of sp³-hybridized carbons (Fsp3) is 0.600. The number of rotatable bonds is 5. The molecule has 2 rings (SSSR count). The van der Waals surface area contributed by atoms with Crippen molar-refractivity contribution in [1.82, 2.24) is 5.32 Å². The predicted molar refractivity (Wildman–Crippen MR) is 73.0 cm³/mol. The number of nitrogens with one attached hydrogen (secondary N) is 1. The van der Waals surface area contributed by atoms with E-state index in [-0.39, 0.29) is 12.1 Å². The highest BCUT2D eigenvalue weighted by atomic mass is 16.5. The van der Waals surface area contributed by atoms with Gasteiger partial charge in [0.25, 0.3) is 0 Å². The topological polar surface area (TPSA) is 41.5 Å². The van der Waals surface area contributed by atoms with Crippen LogP contribution in [0.5, 0.6) is 5.75 Å². The first-order valence-electron chi connectivity index (χ1n) is 6.79. The molecule has 0 spiro atoms. The van der Waals surface area contributed by atoms with E-state index < -0.39 is 0 Å².